The number of rotatable bonds is 2. The molecule has 66 valence electrons. The van der Waals surface area contributed by atoms with Crippen molar-refractivity contribution in [3.05, 3.63) is 23.8 Å². The molecule has 1 aromatic carbocycles. The summed E-state index contributed by atoms with van der Waals surface area (Å²) in [5, 5.41) is 9.43. The topological polar surface area (TPSA) is 49.5 Å². The zero-order valence-electron chi connectivity index (χ0n) is 7.41. The maximum absolute atomic E-state index is 9.43. The van der Waals surface area contributed by atoms with Gasteiger partial charge in [0.05, 0.1) is 0 Å². The molecular weight excluding hydrogens is 152 g/mol. The average Bonchev–Trinajstić information content (AvgIpc) is 1.94. The summed E-state index contributed by atoms with van der Waals surface area (Å²) < 4.78 is 0. The number of hydrogen-bond acceptors (Lipinski definition) is 3. The highest BCUT2D eigenvalue weighted by molar-refractivity contribution is 5.47. The van der Waals surface area contributed by atoms with E-state index in [1.165, 1.54) is 0 Å². The van der Waals surface area contributed by atoms with Crippen LogP contribution in [0, 0.1) is 0 Å². The minimum absolute atomic E-state index is 0.267. The van der Waals surface area contributed by atoms with E-state index in [1.54, 1.807) is 12.1 Å². The molecule has 0 aliphatic rings. The molecule has 0 radical (unpaired) electrons. The van der Waals surface area contributed by atoms with E-state index in [0.29, 0.717) is 5.69 Å². The first-order valence-electron chi connectivity index (χ1n) is 3.81. The van der Waals surface area contributed by atoms with Crippen molar-refractivity contribution in [3.8, 4) is 5.75 Å². The number of anilines is 1. The predicted octanol–water partition coefficient (Wildman–Crippen LogP) is 1.04. The van der Waals surface area contributed by atoms with Gasteiger partial charge >= 0.3 is 0 Å². The van der Waals surface area contributed by atoms with Gasteiger partial charge in [0.25, 0.3) is 0 Å². The van der Waals surface area contributed by atoms with Crippen LogP contribution in [-0.2, 0) is 6.54 Å². The Morgan fingerprint density at radius 3 is 2.58 bits per heavy atom. The van der Waals surface area contributed by atoms with Gasteiger partial charge in [-0.05, 0) is 20.2 Å². The summed E-state index contributed by atoms with van der Waals surface area (Å²) in [6.45, 7) is 0.728. The third-order valence-corrected chi connectivity index (χ3v) is 1.60. The molecule has 0 fully saturated rings. The fourth-order valence-corrected chi connectivity index (χ4v) is 1.06. The standard InChI is InChI=1S/C9H14N2O/c1-11(2)6-7-3-4-8(10)5-9(7)12/h3-5,12H,6,10H2,1-2H3. The van der Waals surface area contributed by atoms with E-state index in [1.807, 2.05) is 25.1 Å². The van der Waals surface area contributed by atoms with Gasteiger partial charge in [-0.15, -0.1) is 0 Å². The third kappa shape index (κ3) is 2.13. The van der Waals surface area contributed by atoms with Crippen LogP contribution in [0.3, 0.4) is 0 Å². The van der Waals surface area contributed by atoms with E-state index in [-0.39, 0.29) is 5.75 Å². The summed E-state index contributed by atoms with van der Waals surface area (Å²) in [5.41, 5.74) is 6.97. The molecule has 0 aliphatic carbocycles. The van der Waals surface area contributed by atoms with Gasteiger partial charge in [-0.1, -0.05) is 6.07 Å². The molecule has 12 heavy (non-hydrogen) atoms. The molecule has 0 saturated carbocycles. The number of hydrogen-bond donors (Lipinski definition) is 2. The number of nitrogen functional groups attached to an aromatic ring is 1. The molecule has 1 aromatic rings. The normalized spacial score (nSPS) is 10.6. The fourth-order valence-electron chi connectivity index (χ4n) is 1.06. The Morgan fingerprint density at radius 1 is 1.42 bits per heavy atom. The van der Waals surface area contributed by atoms with Crippen molar-refractivity contribution in [1.29, 1.82) is 0 Å². The van der Waals surface area contributed by atoms with Crippen LogP contribution in [0.2, 0.25) is 0 Å². The van der Waals surface area contributed by atoms with Crippen molar-refractivity contribution in [2.24, 2.45) is 0 Å². The quantitative estimate of drug-likeness (QED) is 0.645. The second-order valence-electron chi connectivity index (χ2n) is 3.13. The Labute approximate surface area is 72.4 Å². The fraction of sp³-hybridized carbons (Fsp3) is 0.333. The van der Waals surface area contributed by atoms with Crippen molar-refractivity contribution in [3.63, 3.8) is 0 Å². The molecule has 0 aliphatic heterocycles. The van der Waals surface area contributed by atoms with Gasteiger partial charge in [-0.3, -0.25) is 0 Å². The molecule has 1 rings (SSSR count). The van der Waals surface area contributed by atoms with Gasteiger partial charge in [0.2, 0.25) is 0 Å². The van der Waals surface area contributed by atoms with Crippen LogP contribution in [0.1, 0.15) is 5.56 Å². The summed E-state index contributed by atoms with van der Waals surface area (Å²) in [6.07, 6.45) is 0. The Kier molecular flexibility index (Phi) is 2.55. The molecule has 0 bridgehead atoms. The molecule has 0 amide bonds. The Balaban J connectivity index is 2.86. The van der Waals surface area contributed by atoms with Crippen molar-refractivity contribution in [2.75, 3.05) is 19.8 Å². The van der Waals surface area contributed by atoms with E-state index in [2.05, 4.69) is 0 Å². The highest BCUT2D eigenvalue weighted by Gasteiger charge is 2.01. The Bertz CT molecular complexity index is 271. The van der Waals surface area contributed by atoms with Gasteiger partial charge in [0.1, 0.15) is 5.75 Å². The number of phenolic OH excluding ortho intramolecular Hbond substituents is 1. The van der Waals surface area contributed by atoms with E-state index >= 15 is 0 Å². The molecule has 3 heteroatoms. The first kappa shape index (κ1) is 8.87. The third-order valence-electron chi connectivity index (χ3n) is 1.60. The summed E-state index contributed by atoms with van der Waals surface area (Å²) in [6, 6.07) is 5.20. The van der Waals surface area contributed by atoms with Crippen LogP contribution >= 0.6 is 0 Å². The minimum atomic E-state index is 0.267. The van der Waals surface area contributed by atoms with Crippen molar-refractivity contribution in [2.45, 2.75) is 6.54 Å². The monoisotopic (exact) mass is 166 g/mol. The van der Waals surface area contributed by atoms with Crippen molar-refractivity contribution < 1.29 is 5.11 Å². The molecule has 0 atom stereocenters. The number of aromatic hydroxyl groups is 1. The smallest absolute Gasteiger partial charge is 0.122 e. The van der Waals surface area contributed by atoms with Gasteiger partial charge in [-0.2, -0.15) is 0 Å². The van der Waals surface area contributed by atoms with Gasteiger partial charge in [0, 0.05) is 23.9 Å². The second kappa shape index (κ2) is 3.45. The van der Waals surface area contributed by atoms with Crippen LogP contribution in [0.5, 0.6) is 5.75 Å². The van der Waals surface area contributed by atoms with E-state index in [0.717, 1.165) is 12.1 Å². The molecule has 0 saturated heterocycles. The summed E-state index contributed by atoms with van der Waals surface area (Å²) in [4.78, 5) is 1.99. The first-order valence-corrected chi connectivity index (χ1v) is 3.81. The summed E-state index contributed by atoms with van der Waals surface area (Å²) in [7, 11) is 3.91. The molecular formula is C9H14N2O. The predicted molar refractivity (Wildman–Crippen MR) is 49.9 cm³/mol. The average molecular weight is 166 g/mol. The number of phenols is 1. The first-order chi connectivity index (χ1) is 5.59. The Hall–Kier alpha value is -1.22. The maximum Gasteiger partial charge on any atom is 0.122 e. The van der Waals surface area contributed by atoms with Crippen molar-refractivity contribution in [1.82, 2.24) is 4.90 Å². The lowest BCUT2D eigenvalue weighted by molar-refractivity contribution is 0.386. The van der Waals surface area contributed by atoms with Crippen LogP contribution in [0.25, 0.3) is 0 Å². The molecule has 3 N–H and O–H groups in total. The molecule has 0 aromatic heterocycles. The Morgan fingerprint density at radius 2 is 2.08 bits per heavy atom. The highest BCUT2D eigenvalue weighted by Crippen LogP contribution is 2.20. The molecule has 3 nitrogen and oxygen atoms in total. The number of benzene rings is 1. The molecule has 0 unspecified atom stereocenters. The van der Waals surface area contributed by atoms with E-state index in [9.17, 15) is 5.11 Å². The van der Waals surface area contributed by atoms with Crippen LogP contribution in [0.15, 0.2) is 18.2 Å². The van der Waals surface area contributed by atoms with Crippen LogP contribution in [-0.4, -0.2) is 24.1 Å². The van der Waals surface area contributed by atoms with Crippen LogP contribution < -0.4 is 5.73 Å². The van der Waals surface area contributed by atoms with Crippen molar-refractivity contribution >= 4 is 5.69 Å². The maximum atomic E-state index is 9.43. The van der Waals surface area contributed by atoms with Gasteiger partial charge < -0.3 is 15.7 Å². The SMILES string of the molecule is CN(C)Cc1ccc(N)cc1O. The lowest BCUT2D eigenvalue weighted by Crippen LogP contribution is -2.10. The zero-order chi connectivity index (χ0) is 9.14. The molecule has 0 heterocycles. The van der Waals surface area contributed by atoms with E-state index < -0.39 is 0 Å². The lowest BCUT2D eigenvalue weighted by Gasteiger charge is -2.11. The minimum Gasteiger partial charge on any atom is -0.508 e. The number of nitrogens with zero attached hydrogens (tertiary/aromatic N) is 1. The van der Waals surface area contributed by atoms with Gasteiger partial charge in [0.15, 0.2) is 0 Å². The zero-order valence-corrected chi connectivity index (χ0v) is 7.41. The highest BCUT2D eigenvalue weighted by atomic mass is 16.3. The van der Waals surface area contributed by atoms with E-state index in [4.69, 9.17) is 5.73 Å². The molecule has 0 spiro atoms. The largest absolute Gasteiger partial charge is 0.508 e. The summed E-state index contributed by atoms with van der Waals surface area (Å²) >= 11 is 0. The van der Waals surface area contributed by atoms with Gasteiger partial charge in [-0.25, -0.2) is 0 Å². The van der Waals surface area contributed by atoms with Crippen LogP contribution in [0.4, 0.5) is 5.69 Å². The summed E-state index contributed by atoms with van der Waals surface area (Å²) in [5.74, 6) is 0.267. The lowest BCUT2D eigenvalue weighted by atomic mass is 10.2. The second-order valence-corrected chi connectivity index (χ2v) is 3.13. The number of nitrogens with two attached hydrogens (primary N) is 1.